The van der Waals surface area contributed by atoms with Gasteiger partial charge in [0, 0.05) is 19.7 Å². The third-order valence-electron chi connectivity index (χ3n) is 3.08. The molecule has 8 heteroatoms. The van der Waals surface area contributed by atoms with Gasteiger partial charge in [0.1, 0.15) is 11.7 Å². The summed E-state index contributed by atoms with van der Waals surface area (Å²) < 4.78 is 37.3. The van der Waals surface area contributed by atoms with Crippen molar-refractivity contribution in [3.63, 3.8) is 0 Å². The highest BCUT2D eigenvalue weighted by Crippen LogP contribution is 2.17. The van der Waals surface area contributed by atoms with Crippen molar-refractivity contribution in [2.24, 2.45) is 7.05 Å². The second-order valence-corrected chi connectivity index (χ2v) is 6.64. The first-order valence-electron chi connectivity index (χ1n) is 7.97. The van der Waals surface area contributed by atoms with Crippen LogP contribution in [0.5, 0.6) is 5.88 Å². The van der Waals surface area contributed by atoms with E-state index in [0.29, 0.717) is 19.0 Å². The van der Waals surface area contributed by atoms with Gasteiger partial charge in [-0.2, -0.15) is 5.10 Å². The maximum absolute atomic E-state index is 12.4. The Hall–Kier alpha value is -1.86. The van der Waals surface area contributed by atoms with Crippen LogP contribution >= 0.6 is 0 Å². The average molecular weight is 347 g/mol. The topological polar surface area (TPSA) is 56.6 Å². The second-order valence-electron chi connectivity index (χ2n) is 6.64. The number of carbonyl (C=O) groups is 1. The van der Waals surface area contributed by atoms with Gasteiger partial charge in [-0.3, -0.25) is 0 Å². The maximum atomic E-state index is 12.4. The molecule has 24 heavy (non-hydrogen) atoms. The second kappa shape index (κ2) is 8.30. The van der Waals surface area contributed by atoms with Gasteiger partial charge in [0.05, 0.1) is 18.7 Å². The molecular formula is C16H27F2N3O3. The number of hydrogen-bond donors (Lipinski definition) is 0. The standard InChI is InChI=1S/C16H27F2N3O3/c1-7-21(15(22)24-16(3,4)5)10-11(2)23-14-9-12(8-13(17)18)19-20(14)6/h9,11,13H,7-8,10H2,1-6H3/t11-/m0/s1. The van der Waals surface area contributed by atoms with Crippen LogP contribution in [0.4, 0.5) is 13.6 Å². The van der Waals surface area contributed by atoms with E-state index in [1.54, 1.807) is 34.7 Å². The quantitative estimate of drug-likeness (QED) is 0.760. The van der Waals surface area contributed by atoms with E-state index < -0.39 is 24.5 Å². The van der Waals surface area contributed by atoms with Crippen LogP contribution in [0.3, 0.4) is 0 Å². The van der Waals surface area contributed by atoms with Crippen LogP contribution in [0.25, 0.3) is 0 Å². The van der Waals surface area contributed by atoms with Gasteiger partial charge < -0.3 is 14.4 Å². The molecule has 1 heterocycles. The first kappa shape index (κ1) is 20.2. The van der Waals surface area contributed by atoms with Gasteiger partial charge in [0.25, 0.3) is 0 Å². The number of carbonyl (C=O) groups excluding carboxylic acids is 1. The molecule has 0 saturated carbocycles. The van der Waals surface area contributed by atoms with Crippen LogP contribution in [0.2, 0.25) is 0 Å². The van der Waals surface area contributed by atoms with Crippen molar-refractivity contribution in [2.45, 2.75) is 59.2 Å². The molecule has 1 rings (SSSR count). The summed E-state index contributed by atoms with van der Waals surface area (Å²) in [6, 6.07) is 1.49. The molecular weight excluding hydrogens is 320 g/mol. The number of ether oxygens (including phenoxy) is 2. The SMILES string of the molecule is CCN(C[C@H](C)Oc1cc(CC(F)F)nn1C)C(=O)OC(C)(C)C. The van der Waals surface area contributed by atoms with Crippen molar-refractivity contribution in [1.29, 1.82) is 0 Å². The molecule has 0 saturated heterocycles. The first-order valence-corrected chi connectivity index (χ1v) is 7.97. The minimum Gasteiger partial charge on any atom is -0.473 e. The van der Waals surface area contributed by atoms with Gasteiger partial charge in [0.15, 0.2) is 0 Å². The normalized spacial score (nSPS) is 13.0. The Labute approximate surface area is 141 Å². The monoisotopic (exact) mass is 347 g/mol. The zero-order chi connectivity index (χ0) is 18.5. The fourth-order valence-electron chi connectivity index (χ4n) is 2.09. The lowest BCUT2D eigenvalue weighted by Gasteiger charge is -2.28. The van der Waals surface area contributed by atoms with E-state index in [2.05, 4.69) is 5.10 Å². The fraction of sp³-hybridized carbons (Fsp3) is 0.750. The van der Waals surface area contributed by atoms with Crippen molar-refractivity contribution in [3.05, 3.63) is 11.8 Å². The minimum atomic E-state index is -2.45. The lowest BCUT2D eigenvalue weighted by molar-refractivity contribution is 0.0187. The Kier molecular flexibility index (Phi) is 6.98. The Balaban J connectivity index is 2.65. The van der Waals surface area contributed by atoms with E-state index in [4.69, 9.17) is 9.47 Å². The summed E-state index contributed by atoms with van der Waals surface area (Å²) >= 11 is 0. The summed E-state index contributed by atoms with van der Waals surface area (Å²) in [6.45, 7) is 9.86. The molecule has 1 aromatic rings. The zero-order valence-corrected chi connectivity index (χ0v) is 15.2. The number of alkyl halides is 2. The van der Waals surface area contributed by atoms with E-state index in [0.717, 1.165) is 0 Å². The van der Waals surface area contributed by atoms with Crippen LogP contribution in [0, 0.1) is 0 Å². The van der Waals surface area contributed by atoms with E-state index in [1.807, 2.05) is 6.92 Å². The number of aromatic nitrogens is 2. The van der Waals surface area contributed by atoms with E-state index >= 15 is 0 Å². The molecule has 0 fully saturated rings. The molecule has 0 aromatic carbocycles. The molecule has 0 aliphatic rings. The summed E-state index contributed by atoms with van der Waals surface area (Å²) in [4.78, 5) is 13.7. The van der Waals surface area contributed by atoms with Gasteiger partial charge in [-0.05, 0) is 34.6 Å². The highest BCUT2D eigenvalue weighted by atomic mass is 19.3. The van der Waals surface area contributed by atoms with Crippen molar-refractivity contribution in [1.82, 2.24) is 14.7 Å². The summed E-state index contributed by atoms with van der Waals surface area (Å²) in [5.74, 6) is 0.387. The van der Waals surface area contributed by atoms with Crippen LogP contribution in [0.1, 0.15) is 40.3 Å². The fourth-order valence-corrected chi connectivity index (χ4v) is 2.09. The summed E-state index contributed by atoms with van der Waals surface area (Å²) in [6.07, 6.45) is -3.62. The van der Waals surface area contributed by atoms with Crippen molar-refractivity contribution < 1.29 is 23.0 Å². The third-order valence-corrected chi connectivity index (χ3v) is 3.08. The Bertz CT molecular complexity index is 541. The Morgan fingerprint density at radius 3 is 2.54 bits per heavy atom. The lowest BCUT2D eigenvalue weighted by atomic mass is 10.2. The first-order chi connectivity index (χ1) is 11.0. The molecule has 0 spiro atoms. The molecule has 138 valence electrons. The molecule has 6 nitrogen and oxygen atoms in total. The van der Waals surface area contributed by atoms with E-state index in [-0.39, 0.29) is 11.8 Å². The largest absolute Gasteiger partial charge is 0.473 e. The third kappa shape index (κ3) is 6.72. The number of hydrogen-bond acceptors (Lipinski definition) is 4. The van der Waals surface area contributed by atoms with Crippen molar-refractivity contribution in [2.75, 3.05) is 13.1 Å². The Morgan fingerprint density at radius 2 is 2.04 bits per heavy atom. The molecule has 0 bridgehead atoms. The number of nitrogens with zero attached hydrogens (tertiary/aromatic N) is 3. The van der Waals surface area contributed by atoms with Gasteiger partial charge in [-0.15, -0.1) is 0 Å². The summed E-state index contributed by atoms with van der Waals surface area (Å²) in [7, 11) is 1.63. The van der Waals surface area contributed by atoms with Crippen LogP contribution < -0.4 is 4.74 Å². The van der Waals surface area contributed by atoms with Crippen LogP contribution in [-0.2, 0) is 18.2 Å². The molecule has 1 amide bonds. The number of likely N-dealkylation sites (N-methyl/N-ethyl adjacent to an activating group) is 1. The molecule has 0 radical (unpaired) electrons. The molecule has 1 atom stereocenters. The summed E-state index contributed by atoms with van der Waals surface area (Å²) in [5, 5.41) is 3.99. The highest BCUT2D eigenvalue weighted by molar-refractivity contribution is 5.68. The average Bonchev–Trinajstić information content (AvgIpc) is 2.72. The van der Waals surface area contributed by atoms with E-state index in [9.17, 15) is 13.6 Å². The van der Waals surface area contributed by atoms with Crippen LogP contribution in [0.15, 0.2) is 6.07 Å². The molecule has 1 aromatic heterocycles. The Morgan fingerprint density at radius 1 is 1.42 bits per heavy atom. The molecule has 0 N–H and O–H groups in total. The predicted molar refractivity (Wildman–Crippen MR) is 86.5 cm³/mol. The zero-order valence-electron chi connectivity index (χ0n) is 15.2. The number of amides is 1. The number of halogens is 2. The minimum absolute atomic E-state index is 0.272. The van der Waals surface area contributed by atoms with Gasteiger partial charge in [-0.1, -0.05) is 0 Å². The molecule has 0 unspecified atom stereocenters. The predicted octanol–water partition coefficient (Wildman–Crippen LogP) is 3.25. The number of rotatable bonds is 7. The van der Waals surface area contributed by atoms with Crippen LogP contribution in [-0.4, -0.2) is 52.0 Å². The maximum Gasteiger partial charge on any atom is 0.410 e. The van der Waals surface area contributed by atoms with Crippen molar-refractivity contribution >= 4 is 6.09 Å². The molecule has 0 aliphatic heterocycles. The smallest absolute Gasteiger partial charge is 0.410 e. The highest BCUT2D eigenvalue weighted by Gasteiger charge is 2.23. The van der Waals surface area contributed by atoms with E-state index in [1.165, 1.54) is 15.6 Å². The van der Waals surface area contributed by atoms with Gasteiger partial charge in [-0.25, -0.2) is 18.3 Å². The molecule has 0 aliphatic carbocycles. The van der Waals surface area contributed by atoms with Gasteiger partial charge >= 0.3 is 6.09 Å². The number of aryl methyl sites for hydroxylation is 1. The van der Waals surface area contributed by atoms with Crippen molar-refractivity contribution in [3.8, 4) is 5.88 Å². The summed E-state index contributed by atoms with van der Waals surface area (Å²) in [5.41, 5.74) is -0.296. The lowest BCUT2D eigenvalue weighted by Crippen LogP contribution is -2.41. The van der Waals surface area contributed by atoms with Gasteiger partial charge in [0.2, 0.25) is 12.3 Å².